The summed E-state index contributed by atoms with van der Waals surface area (Å²) in [6.45, 7) is 6.12. The Hall–Kier alpha value is -3.73. The Morgan fingerprint density at radius 2 is 1.76 bits per heavy atom. The Balaban J connectivity index is 1.53. The van der Waals surface area contributed by atoms with Crippen molar-refractivity contribution in [2.24, 2.45) is 0 Å². The smallest absolute Gasteiger partial charge is 0.340 e. The topological polar surface area (TPSA) is 54.6 Å². The number of carbonyl (C=O) groups is 1. The quantitative estimate of drug-likeness (QED) is 0.385. The Morgan fingerprint density at radius 1 is 0.941 bits per heavy atom. The summed E-state index contributed by atoms with van der Waals surface area (Å²) in [6, 6.07) is 18.3. The molecule has 34 heavy (non-hydrogen) atoms. The molecule has 0 amide bonds. The number of aromatic amines is 1. The van der Waals surface area contributed by atoms with Gasteiger partial charge in [-0.2, -0.15) is 0 Å². The van der Waals surface area contributed by atoms with Gasteiger partial charge in [-0.15, -0.1) is 0 Å². The molecule has 5 heteroatoms. The summed E-state index contributed by atoms with van der Waals surface area (Å²) < 4.78 is 12.9. The maximum atomic E-state index is 13.1. The van der Waals surface area contributed by atoms with Crippen LogP contribution in [-0.2, 0) is 23.2 Å². The zero-order valence-electron chi connectivity index (χ0n) is 19.4. The molecule has 3 aromatic carbocycles. The van der Waals surface area contributed by atoms with Crippen molar-refractivity contribution in [2.75, 3.05) is 18.0 Å². The Bertz CT molecular complexity index is 1500. The van der Waals surface area contributed by atoms with E-state index < -0.39 is 5.60 Å². The second-order valence-electron chi connectivity index (χ2n) is 9.40. The lowest BCUT2D eigenvalue weighted by Crippen LogP contribution is -2.33. The lowest BCUT2D eigenvalue weighted by molar-refractivity contribution is 0.0225. The third-order valence-electron chi connectivity index (χ3n) is 7.79. The number of carbonyl (C=O) groups excluding carboxylic acids is 1. The van der Waals surface area contributed by atoms with E-state index in [-0.39, 0.29) is 5.97 Å². The van der Waals surface area contributed by atoms with Gasteiger partial charge >= 0.3 is 5.97 Å². The first-order valence-corrected chi connectivity index (χ1v) is 12.2. The molecule has 0 saturated heterocycles. The standard InChI is InChI=1S/C29H26N2O3/c1-3-31(4-2)17-12-13-22-26(14-17)33-27-15-20-18-9-7-11-24(18)30-25(20)16-23(27)29(22)21-10-6-5-8-19(21)28(32)34-29/h5-6,8,10,12-16,30H,3-4,7,9,11H2,1-2H3. The predicted molar refractivity (Wildman–Crippen MR) is 132 cm³/mol. The van der Waals surface area contributed by atoms with Crippen LogP contribution in [0.2, 0.25) is 0 Å². The molecule has 1 N–H and O–H groups in total. The number of aryl methyl sites for hydroxylation is 2. The number of anilines is 1. The molecule has 0 radical (unpaired) electrons. The van der Waals surface area contributed by atoms with Gasteiger partial charge in [0.1, 0.15) is 11.5 Å². The number of aromatic nitrogens is 1. The zero-order valence-corrected chi connectivity index (χ0v) is 19.4. The number of nitrogens with zero attached hydrogens (tertiary/aromatic N) is 1. The third kappa shape index (κ3) is 2.42. The number of benzene rings is 3. The number of fused-ring (bicyclic) bond motifs is 9. The third-order valence-corrected chi connectivity index (χ3v) is 7.79. The van der Waals surface area contributed by atoms with Crippen molar-refractivity contribution in [3.8, 4) is 11.5 Å². The summed E-state index contributed by atoms with van der Waals surface area (Å²) in [7, 11) is 0. The van der Waals surface area contributed by atoms with Crippen molar-refractivity contribution < 1.29 is 14.3 Å². The molecule has 0 fully saturated rings. The summed E-state index contributed by atoms with van der Waals surface area (Å²) in [4.78, 5) is 19.0. The molecule has 3 heterocycles. The van der Waals surface area contributed by atoms with Crippen LogP contribution in [0.25, 0.3) is 10.9 Å². The van der Waals surface area contributed by atoms with Crippen LogP contribution >= 0.6 is 0 Å². The van der Waals surface area contributed by atoms with Crippen LogP contribution in [0, 0.1) is 0 Å². The van der Waals surface area contributed by atoms with E-state index in [0.29, 0.717) is 5.56 Å². The molecule has 170 valence electrons. The van der Waals surface area contributed by atoms with E-state index in [4.69, 9.17) is 9.47 Å². The minimum atomic E-state index is -1.03. The Morgan fingerprint density at radius 3 is 2.62 bits per heavy atom. The summed E-state index contributed by atoms with van der Waals surface area (Å²) in [5, 5.41) is 1.21. The molecular weight excluding hydrogens is 424 g/mol. The van der Waals surface area contributed by atoms with Gasteiger partial charge in [0.05, 0.1) is 5.56 Å². The van der Waals surface area contributed by atoms with Crippen molar-refractivity contribution in [1.82, 2.24) is 4.98 Å². The van der Waals surface area contributed by atoms with E-state index in [9.17, 15) is 4.79 Å². The second-order valence-corrected chi connectivity index (χ2v) is 9.40. The minimum absolute atomic E-state index is 0.295. The normalized spacial score (nSPS) is 19.4. The first kappa shape index (κ1) is 19.7. The summed E-state index contributed by atoms with van der Waals surface area (Å²) in [5.74, 6) is 1.21. The number of H-pyrrole nitrogens is 1. The molecule has 4 aromatic rings. The number of hydrogen-bond donors (Lipinski definition) is 1. The zero-order chi connectivity index (χ0) is 23.0. The SMILES string of the molecule is CCN(CC)c1ccc2c(c1)Oc1cc3c4c([nH]c3cc1C21OC(=O)c2ccccc21)CCC4. The van der Waals surface area contributed by atoms with Gasteiger partial charge in [0, 0.05) is 58.1 Å². The second kappa shape index (κ2) is 6.89. The number of rotatable bonds is 3. The van der Waals surface area contributed by atoms with E-state index in [1.165, 1.54) is 23.1 Å². The van der Waals surface area contributed by atoms with Gasteiger partial charge in [-0.25, -0.2) is 4.79 Å². The van der Waals surface area contributed by atoms with Crippen LogP contribution in [-0.4, -0.2) is 24.0 Å². The van der Waals surface area contributed by atoms with Gasteiger partial charge in [0.2, 0.25) is 0 Å². The van der Waals surface area contributed by atoms with Gasteiger partial charge in [-0.1, -0.05) is 18.2 Å². The monoisotopic (exact) mass is 450 g/mol. The van der Waals surface area contributed by atoms with Gasteiger partial charge in [-0.3, -0.25) is 0 Å². The van der Waals surface area contributed by atoms with Crippen LogP contribution in [0.3, 0.4) is 0 Å². The van der Waals surface area contributed by atoms with Crippen LogP contribution in [0.1, 0.15) is 58.6 Å². The number of nitrogens with one attached hydrogen (secondary N) is 1. The van der Waals surface area contributed by atoms with Gasteiger partial charge in [-0.05, 0) is 69.0 Å². The lowest BCUT2D eigenvalue weighted by Gasteiger charge is -2.37. The molecule has 0 saturated carbocycles. The van der Waals surface area contributed by atoms with Crippen LogP contribution < -0.4 is 9.64 Å². The van der Waals surface area contributed by atoms with E-state index in [2.05, 4.69) is 54.1 Å². The maximum absolute atomic E-state index is 13.1. The Kier molecular flexibility index (Phi) is 3.99. The van der Waals surface area contributed by atoms with Crippen molar-refractivity contribution in [3.05, 3.63) is 88.1 Å². The molecule has 7 rings (SSSR count). The highest BCUT2D eigenvalue weighted by atomic mass is 16.6. The molecule has 2 aliphatic heterocycles. The fraction of sp³-hybridized carbons (Fsp3) is 0.276. The molecule has 0 bridgehead atoms. The highest BCUT2D eigenvalue weighted by molar-refractivity contribution is 5.98. The van der Waals surface area contributed by atoms with E-state index >= 15 is 0 Å². The predicted octanol–water partition coefficient (Wildman–Crippen LogP) is 6.07. The molecule has 1 aliphatic carbocycles. The average Bonchev–Trinajstić information content (AvgIpc) is 3.52. The largest absolute Gasteiger partial charge is 0.456 e. The van der Waals surface area contributed by atoms with Crippen molar-refractivity contribution >= 4 is 22.6 Å². The number of hydrogen-bond acceptors (Lipinski definition) is 4. The van der Waals surface area contributed by atoms with Crippen molar-refractivity contribution in [3.63, 3.8) is 0 Å². The first-order chi connectivity index (χ1) is 16.6. The van der Waals surface area contributed by atoms with E-state index in [0.717, 1.165) is 65.3 Å². The minimum Gasteiger partial charge on any atom is -0.456 e. The van der Waals surface area contributed by atoms with Gasteiger partial charge in [0.25, 0.3) is 0 Å². The number of esters is 1. The molecular formula is C29H26N2O3. The average molecular weight is 451 g/mol. The van der Waals surface area contributed by atoms with Crippen molar-refractivity contribution in [1.29, 1.82) is 0 Å². The summed E-state index contributed by atoms with van der Waals surface area (Å²) in [5.41, 5.74) is 7.09. The van der Waals surface area contributed by atoms with E-state index in [1.807, 2.05) is 24.3 Å². The highest BCUT2D eigenvalue weighted by Gasteiger charge is 2.53. The Labute approximate surface area is 198 Å². The molecule has 1 unspecified atom stereocenters. The summed E-state index contributed by atoms with van der Waals surface area (Å²) in [6.07, 6.45) is 3.34. The first-order valence-electron chi connectivity index (χ1n) is 12.2. The lowest BCUT2D eigenvalue weighted by atomic mass is 9.77. The molecule has 3 aliphatic rings. The molecule has 1 aromatic heterocycles. The molecule has 1 spiro atoms. The van der Waals surface area contributed by atoms with Gasteiger partial charge < -0.3 is 19.4 Å². The fourth-order valence-electron chi connectivity index (χ4n) is 6.19. The van der Waals surface area contributed by atoms with Gasteiger partial charge in [0.15, 0.2) is 5.60 Å². The highest BCUT2D eigenvalue weighted by Crippen LogP contribution is 2.57. The van der Waals surface area contributed by atoms with Crippen LogP contribution in [0.15, 0.2) is 54.6 Å². The fourth-order valence-corrected chi connectivity index (χ4v) is 6.19. The number of ether oxygens (including phenoxy) is 2. The van der Waals surface area contributed by atoms with E-state index in [1.54, 1.807) is 0 Å². The van der Waals surface area contributed by atoms with Crippen molar-refractivity contribution in [2.45, 2.75) is 38.7 Å². The van der Waals surface area contributed by atoms with Crippen LogP contribution in [0.5, 0.6) is 11.5 Å². The maximum Gasteiger partial charge on any atom is 0.340 e. The molecule has 5 nitrogen and oxygen atoms in total. The molecule has 1 atom stereocenters. The van der Waals surface area contributed by atoms with Crippen LogP contribution in [0.4, 0.5) is 5.69 Å². The summed E-state index contributed by atoms with van der Waals surface area (Å²) >= 11 is 0.